The number of thioether (sulfide) groups is 1. The quantitative estimate of drug-likeness (QED) is 0.543. The number of carbonyl (C=O) groups excluding carboxylic acids is 3. The average Bonchev–Trinajstić information content (AvgIpc) is 3.00. The number of esters is 1. The normalized spacial score (nSPS) is 15.1. The van der Waals surface area contributed by atoms with Crippen molar-refractivity contribution in [2.75, 3.05) is 25.7 Å². The third-order valence-corrected chi connectivity index (χ3v) is 4.76. The van der Waals surface area contributed by atoms with Crippen molar-refractivity contribution in [1.82, 2.24) is 0 Å². The van der Waals surface area contributed by atoms with E-state index in [0.29, 0.717) is 17.0 Å². The predicted octanol–water partition coefficient (Wildman–Crippen LogP) is 3.49. The second-order valence-electron chi connectivity index (χ2n) is 5.60. The third kappa shape index (κ3) is 4.01. The van der Waals surface area contributed by atoms with E-state index in [4.69, 9.17) is 9.47 Å². The smallest absolute Gasteiger partial charge is 0.343 e. The first-order valence-electron chi connectivity index (χ1n) is 8.24. The number of rotatable bonds is 6. The van der Waals surface area contributed by atoms with Crippen LogP contribution in [0.15, 0.2) is 53.4 Å². The summed E-state index contributed by atoms with van der Waals surface area (Å²) < 4.78 is 15.4. The molecule has 0 N–H and O–H groups in total. The summed E-state index contributed by atoms with van der Waals surface area (Å²) in [6.07, 6.45) is 1.54. The van der Waals surface area contributed by atoms with Gasteiger partial charge >= 0.3 is 5.97 Å². The van der Waals surface area contributed by atoms with Crippen molar-refractivity contribution < 1.29 is 28.6 Å². The van der Waals surface area contributed by atoms with Gasteiger partial charge in [-0.1, -0.05) is 30.3 Å². The molecule has 0 atom stereocenters. The molecule has 2 amide bonds. The number of imide groups is 1. The van der Waals surface area contributed by atoms with Gasteiger partial charge in [-0.2, -0.15) is 0 Å². The van der Waals surface area contributed by atoms with Gasteiger partial charge < -0.3 is 14.2 Å². The molecule has 0 aliphatic carbocycles. The average molecular weight is 399 g/mol. The molecule has 7 nitrogen and oxygen atoms in total. The van der Waals surface area contributed by atoms with Crippen molar-refractivity contribution >= 4 is 40.6 Å². The standard InChI is InChI=1S/C20H17NO6S/c1-25-15-10-6-7-13(18(15)27-12-17(22)26-2)11-16-19(23)21(20(24)28-16)14-8-4-3-5-9-14/h3-11H,12H2,1-2H3/b16-11-. The van der Waals surface area contributed by atoms with Gasteiger partial charge in [-0.25, -0.2) is 9.69 Å². The molecule has 0 aromatic heterocycles. The van der Waals surface area contributed by atoms with Gasteiger partial charge in [-0.3, -0.25) is 9.59 Å². The van der Waals surface area contributed by atoms with Crippen molar-refractivity contribution in [3.63, 3.8) is 0 Å². The monoisotopic (exact) mass is 399 g/mol. The molecular formula is C20H17NO6S. The molecule has 3 rings (SSSR count). The van der Waals surface area contributed by atoms with E-state index in [9.17, 15) is 14.4 Å². The highest BCUT2D eigenvalue weighted by molar-refractivity contribution is 8.19. The number of benzene rings is 2. The molecule has 1 aliphatic heterocycles. The molecule has 0 unspecified atom stereocenters. The van der Waals surface area contributed by atoms with E-state index in [0.717, 1.165) is 16.7 Å². The van der Waals surface area contributed by atoms with Gasteiger partial charge in [0.05, 0.1) is 24.8 Å². The van der Waals surface area contributed by atoms with Crippen LogP contribution in [0.3, 0.4) is 0 Å². The fourth-order valence-corrected chi connectivity index (χ4v) is 3.39. The summed E-state index contributed by atoms with van der Waals surface area (Å²) in [4.78, 5) is 37.9. The van der Waals surface area contributed by atoms with Crippen molar-refractivity contribution in [2.45, 2.75) is 0 Å². The van der Waals surface area contributed by atoms with Crippen LogP contribution in [0.2, 0.25) is 0 Å². The maximum Gasteiger partial charge on any atom is 0.343 e. The van der Waals surface area contributed by atoms with Gasteiger partial charge in [-0.05, 0) is 36.0 Å². The van der Waals surface area contributed by atoms with E-state index in [1.165, 1.54) is 14.2 Å². The van der Waals surface area contributed by atoms with Gasteiger partial charge in [0.1, 0.15) is 0 Å². The molecule has 1 fully saturated rings. The summed E-state index contributed by atoms with van der Waals surface area (Å²) in [5.74, 6) is -0.314. The van der Waals surface area contributed by atoms with Crippen LogP contribution >= 0.6 is 11.8 Å². The van der Waals surface area contributed by atoms with E-state index >= 15 is 0 Å². The summed E-state index contributed by atoms with van der Waals surface area (Å²) in [6.45, 7) is -0.316. The zero-order valence-corrected chi connectivity index (χ0v) is 16.0. The van der Waals surface area contributed by atoms with Gasteiger partial charge in [0.15, 0.2) is 18.1 Å². The highest BCUT2D eigenvalue weighted by atomic mass is 32.2. The summed E-state index contributed by atoms with van der Waals surface area (Å²) in [5, 5.41) is -0.387. The number of amides is 2. The minimum absolute atomic E-state index is 0.241. The summed E-state index contributed by atoms with van der Waals surface area (Å²) in [7, 11) is 2.72. The van der Waals surface area contributed by atoms with Crippen molar-refractivity contribution in [2.24, 2.45) is 0 Å². The Kier molecular flexibility index (Phi) is 6.00. The number of methoxy groups -OCH3 is 2. The lowest BCUT2D eigenvalue weighted by Crippen LogP contribution is -2.27. The minimum atomic E-state index is -0.554. The van der Waals surface area contributed by atoms with Gasteiger partial charge in [0.2, 0.25) is 0 Å². The summed E-state index contributed by atoms with van der Waals surface area (Å²) >= 11 is 0.833. The molecule has 1 heterocycles. The molecule has 144 valence electrons. The van der Waals surface area contributed by atoms with E-state index in [1.807, 2.05) is 0 Å². The van der Waals surface area contributed by atoms with Crippen LogP contribution in [0.4, 0.5) is 10.5 Å². The molecule has 2 aromatic rings. The van der Waals surface area contributed by atoms with E-state index in [1.54, 1.807) is 54.6 Å². The Balaban J connectivity index is 1.94. The number of hydrogen-bond donors (Lipinski definition) is 0. The molecule has 0 bridgehead atoms. The van der Waals surface area contributed by atoms with Crippen LogP contribution in [-0.4, -0.2) is 37.9 Å². The van der Waals surface area contributed by atoms with Crippen molar-refractivity contribution in [3.8, 4) is 11.5 Å². The largest absolute Gasteiger partial charge is 0.493 e. The topological polar surface area (TPSA) is 82.1 Å². The Bertz CT molecular complexity index is 941. The number of carbonyl (C=O) groups is 3. The molecule has 28 heavy (non-hydrogen) atoms. The summed E-state index contributed by atoms with van der Waals surface area (Å²) in [6, 6.07) is 13.8. The first-order chi connectivity index (χ1) is 13.5. The van der Waals surface area contributed by atoms with Crippen LogP contribution in [0.5, 0.6) is 11.5 Å². The fourth-order valence-electron chi connectivity index (χ4n) is 2.56. The van der Waals surface area contributed by atoms with Crippen LogP contribution in [-0.2, 0) is 14.3 Å². The van der Waals surface area contributed by atoms with E-state index in [2.05, 4.69) is 4.74 Å². The maximum absolute atomic E-state index is 12.8. The number of anilines is 1. The first-order valence-corrected chi connectivity index (χ1v) is 9.06. The molecule has 0 spiro atoms. The van der Waals surface area contributed by atoms with Gasteiger partial charge in [0, 0.05) is 5.56 Å². The van der Waals surface area contributed by atoms with Crippen LogP contribution < -0.4 is 14.4 Å². The van der Waals surface area contributed by atoms with Gasteiger partial charge in [0.25, 0.3) is 11.1 Å². The van der Waals surface area contributed by atoms with Crippen LogP contribution in [0.25, 0.3) is 6.08 Å². The fraction of sp³-hybridized carbons (Fsp3) is 0.150. The second-order valence-corrected chi connectivity index (χ2v) is 6.59. The van der Waals surface area contributed by atoms with E-state index in [-0.39, 0.29) is 22.5 Å². The Hall–Kier alpha value is -3.26. The maximum atomic E-state index is 12.8. The zero-order valence-electron chi connectivity index (χ0n) is 15.2. The summed E-state index contributed by atoms with van der Waals surface area (Å²) in [5.41, 5.74) is 1.00. The minimum Gasteiger partial charge on any atom is -0.493 e. The molecule has 0 saturated carbocycles. The first kappa shape index (κ1) is 19.5. The van der Waals surface area contributed by atoms with Gasteiger partial charge in [-0.15, -0.1) is 0 Å². The van der Waals surface area contributed by atoms with Crippen molar-refractivity contribution in [1.29, 1.82) is 0 Å². The zero-order chi connectivity index (χ0) is 20.1. The Labute approximate surface area is 165 Å². The predicted molar refractivity (Wildman–Crippen MR) is 105 cm³/mol. The molecule has 1 saturated heterocycles. The van der Waals surface area contributed by atoms with Crippen molar-refractivity contribution in [3.05, 3.63) is 59.0 Å². The number of nitrogens with zero attached hydrogens (tertiary/aromatic N) is 1. The van der Waals surface area contributed by atoms with Crippen LogP contribution in [0, 0.1) is 0 Å². The molecule has 1 aliphatic rings. The molecule has 2 aromatic carbocycles. The number of para-hydroxylation sites is 2. The highest BCUT2D eigenvalue weighted by Crippen LogP contribution is 2.39. The third-order valence-electron chi connectivity index (χ3n) is 3.89. The Morgan fingerprint density at radius 2 is 1.82 bits per heavy atom. The molecule has 8 heteroatoms. The SMILES string of the molecule is COC(=O)COc1c(/C=C2\SC(=O)N(c3ccccc3)C2=O)cccc1OC. The van der Waals surface area contributed by atoms with Crippen LogP contribution in [0.1, 0.15) is 5.56 Å². The molecule has 0 radical (unpaired) electrons. The lowest BCUT2D eigenvalue weighted by atomic mass is 10.1. The Morgan fingerprint density at radius 1 is 1.07 bits per heavy atom. The lowest BCUT2D eigenvalue weighted by molar-refractivity contribution is -0.142. The highest BCUT2D eigenvalue weighted by Gasteiger charge is 2.36. The van der Waals surface area contributed by atoms with E-state index < -0.39 is 11.9 Å². The second kappa shape index (κ2) is 8.62. The lowest BCUT2D eigenvalue weighted by Gasteiger charge is -2.13. The Morgan fingerprint density at radius 3 is 2.50 bits per heavy atom. The molecular weight excluding hydrogens is 382 g/mol. The number of ether oxygens (including phenoxy) is 3. The number of hydrogen-bond acceptors (Lipinski definition) is 7.